The Morgan fingerprint density at radius 3 is 2.72 bits per heavy atom. The normalized spacial score (nSPS) is 19.0. The van der Waals surface area contributed by atoms with E-state index in [4.69, 9.17) is 4.74 Å². The standard InChI is InChI=1S/C26H33N3O3/c1-19-8-9-23-22(16-19)28-26(31)24(32-23)18-25(30)27-12-5-13-29-14-10-21(11-15-29)17-20-6-3-2-4-7-20/h2-4,6-9,16,21,24H,5,10-15,17-18H2,1H3,(H,27,30)(H,28,31). The Balaban J connectivity index is 1.11. The fourth-order valence-corrected chi connectivity index (χ4v) is 4.53. The molecule has 0 aromatic heterocycles. The number of ether oxygens (including phenoxy) is 1. The highest BCUT2D eigenvalue weighted by atomic mass is 16.5. The number of piperidine rings is 1. The number of hydrogen-bond donors (Lipinski definition) is 2. The summed E-state index contributed by atoms with van der Waals surface area (Å²) in [6, 6.07) is 16.4. The molecule has 2 aliphatic heterocycles. The molecule has 2 aromatic carbocycles. The van der Waals surface area contributed by atoms with Crippen LogP contribution >= 0.6 is 0 Å². The molecule has 0 aliphatic carbocycles. The number of likely N-dealkylation sites (tertiary alicyclic amines) is 1. The Bertz CT molecular complexity index is 923. The molecule has 2 aliphatic rings. The zero-order chi connectivity index (χ0) is 22.3. The summed E-state index contributed by atoms with van der Waals surface area (Å²) in [6.45, 7) is 5.82. The molecule has 0 bridgehead atoms. The van der Waals surface area contributed by atoms with Crippen molar-refractivity contribution in [2.75, 3.05) is 31.5 Å². The lowest BCUT2D eigenvalue weighted by Gasteiger charge is -2.32. The molecule has 4 rings (SSSR count). The maximum Gasteiger partial charge on any atom is 0.266 e. The van der Waals surface area contributed by atoms with Gasteiger partial charge >= 0.3 is 0 Å². The van der Waals surface area contributed by atoms with Gasteiger partial charge in [0.05, 0.1) is 12.1 Å². The van der Waals surface area contributed by atoms with Gasteiger partial charge in [0, 0.05) is 6.54 Å². The molecule has 2 heterocycles. The van der Waals surface area contributed by atoms with E-state index >= 15 is 0 Å². The molecular formula is C26H33N3O3. The molecule has 170 valence electrons. The van der Waals surface area contributed by atoms with Crippen molar-refractivity contribution in [3.8, 4) is 5.75 Å². The largest absolute Gasteiger partial charge is 0.478 e. The van der Waals surface area contributed by atoms with E-state index in [0.717, 1.165) is 37.5 Å². The summed E-state index contributed by atoms with van der Waals surface area (Å²) >= 11 is 0. The van der Waals surface area contributed by atoms with E-state index < -0.39 is 6.10 Å². The van der Waals surface area contributed by atoms with E-state index in [2.05, 4.69) is 45.9 Å². The van der Waals surface area contributed by atoms with E-state index in [0.29, 0.717) is 18.0 Å². The highest BCUT2D eigenvalue weighted by Gasteiger charge is 2.29. The van der Waals surface area contributed by atoms with Gasteiger partial charge < -0.3 is 20.3 Å². The monoisotopic (exact) mass is 435 g/mol. The van der Waals surface area contributed by atoms with Crippen LogP contribution in [-0.2, 0) is 16.0 Å². The minimum atomic E-state index is -0.783. The van der Waals surface area contributed by atoms with E-state index in [1.807, 2.05) is 25.1 Å². The number of anilines is 1. The maximum absolute atomic E-state index is 12.3. The van der Waals surface area contributed by atoms with Crippen molar-refractivity contribution in [2.45, 2.75) is 45.1 Å². The Labute approximate surface area is 190 Å². The van der Waals surface area contributed by atoms with E-state index in [-0.39, 0.29) is 18.2 Å². The third kappa shape index (κ3) is 6.10. The highest BCUT2D eigenvalue weighted by Crippen LogP contribution is 2.31. The zero-order valence-electron chi connectivity index (χ0n) is 18.8. The van der Waals surface area contributed by atoms with Gasteiger partial charge in [-0.3, -0.25) is 9.59 Å². The average Bonchev–Trinajstić information content (AvgIpc) is 2.79. The second kappa shape index (κ2) is 10.6. The van der Waals surface area contributed by atoms with Crippen molar-refractivity contribution in [1.82, 2.24) is 10.2 Å². The third-order valence-corrected chi connectivity index (χ3v) is 6.37. The minimum absolute atomic E-state index is 0.0318. The molecule has 1 saturated heterocycles. The summed E-state index contributed by atoms with van der Waals surface area (Å²) in [6.07, 6.45) is 3.80. The SMILES string of the molecule is Cc1ccc2c(c1)NC(=O)C(CC(=O)NCCCN1CCC(Cc3ccccc3)CC1)O2. The van der Waals surface area contributed by atoms with Crippen LogP contribution in [0.4, 0.5) is 5.69 Å². The van der Waals surface area contributed by atoms with Gasteiger partial charge in [-0.15, -0.1) is 0 Å². The topological polar surface area (TPSA) is 70.7 Å². The number of nitrogens with zero attached hydrogens (tertiary/aromatic N) is 1. The van der Waals surface area contributed by atoms with Crippen molar-refractivity contribution in [3.05, 3.63) is 59.7 Å². The first-order valence-corrected chi connectivity index (χ1v) is 11.7. The smallest absolute Gasteiger partial charge is 0.266 e. The number of hydrogen-bond acceptors (Lipinski definition) is 4. The van der Waals surface area contributed by atoms with Crippen molar-refractivity contribution >= 4 is 17.5 Å². The summed E-state index contributed by atoms with van der Waals surface area (Å²) in [5, 5.41) is 5.77. The summed E-state index contributed by atoms with van der Waals surface area (Å²) in [4.78, 5) is 27.1. The molecule has 1 atom stereocenters. The summed E-state index contributed by atoms with van der Waals surface area (Å²) in [5.41, 5.74) is 3.14. The lowest BCUT2D eigenvalue weighted by molar-refractivity contribution is -0.130. The molecule has 6 nitrogen and oxygen atoms in total. The third-order valence-electron chi connectivity index (χ3n) is 6.37. The lowest BCUT2D eigenvalue weighted by Crippen LogP contribution is -2.41. The number of aryl methyl sites for hydroxylation is 1. The summed E-state index contributed by atoms with van der Waals surface area (Å²) in [5.74, 6) is 0.964. The molecular weight excluding hydrogens is 402 g/mol. The molecule has 0 radical (unpaired) electrons. The zero-order valence-corrected chi connectivity index (χ0v) is 18.8. The molecule has 2 aromatic rings. The first-order valence-electron chi connectivity index (χ1n) is 11.7. The van der Waals surface area contributed by atoms with Crippen LogP contribution in [0.2, 0.25) is 0 Å². The molecule has 0 saturated carbocycles. The van der Waals surface area contributed by atoms with Crippen LogP contribution in [0.1, 0.15) is 36.8 Å². The Morgan fingerprint density at radius 2 is 1.94 bits per heavy atom. The number of benzene rings is 2. The predicted molar refractivity (Wildman–Crippen MR) is 126 cm³/mol. The Morgan fingerprint density at radius 1 is 1.16 bits per heavy atom. The van der Waals surface area contributed by atoms with Crippen LogP contribution in [0.25, 0.3) is 0 Å². The van der Waals surface area contributed by atoms with Crippen molar-refractivity contribution in [2.24, 2.45) is 5.92 Å². The van der Waals surface area contributed by atoms with Gasteiger partial charge in [0.25, 0.3) is 5.91 Å². The van der Waals surface area contributed by atoms with Crippen molar-refractivity contribution < 1.29 is 14.3 Å². The number of carbonyl (C=O) groups excluding carboxylic acids is 2. The van der Waals surface area contributed by atoms with Crippen LogP contribution in [-0.4, -0.2) is 49.0 Å². The summed E-state index contributed by atoms with van der Waals surface area (Å²) in [7, 11) is 0. The van der Waals surface area contributed by atoms with Crippen molar-refractivity contribution in [3.63, 3.8) is 0 Å². The highest BCUT2D eigenvalue weighted by molar-refractivity contribution is 6.00. The van der Waals surface area contributed by atoms with Crippen molar-refractivity contribution in [1.29, 1.82) is 0 Å². The quantitative estimate of drug-likeness (QED) is 0.622. The average molecular weight is 436 g/mol. The number of carbonyl (C=O) groups is 2. The lowest BCUT2D eigenvalue weighted by atomic mass is 9.90. The van der Waals surface area contributed by atoms with Gasteiger partial charge in [-0.1, -0.05) is 36.4 Å². The van der Waals surface area contributed by atoms with Crippen LogP contribution in [0.5, 0.6) is 5.75 Å². The first kappa shape index (κ1) is 22.3. The van der Waals surface area contributed by atoms with Crippen LogP contribution < -0.4 is 15.4 Å². The second-order valence-electron chi connectivity index (χ2n) is 8.98. The van der Waals surface area contributed by atoms with Gasteiger partial charge in [0.2, 0.25) is 5.91 Å². The van der Waals surface area contributed by atoms with Gasteiger partial charge in [0.1, 0.15) is 5.75 Å². The molecule has 2 N–H and O–H groups in total. The molecule has 1 fully saturated rings. The minimum Gasteiger partial charge on any atom is -0.478 e. The number of amides is 2. The van der Waals surface area contributed by atoms with Crippen LogP contribution in [0, 0.1) is 12.8 Å². The van der Waals surface area contributed by atoms with E-state index in [9.17, 15) is 9.59 Å². The predicted octanol–water partition coefficient (Wildman–Crippen LogP) is 3.55. The fourth-order valence-electron chi connectivity index (χ4n) is 4.53. The molecule has 32 heavy (non-hydrogen) atoms. The molecule has 0 spiro atoms. The van der Waals surface area contributed by atoms with Gasteiger partial charge in [-0.05, 0) is 81.4 Å². The summed E-state index contributed by atoms with van der Waals surface area (Å²) < 4.78 is 5.74. The van der Waals surface area contributed by atoms with Gasteiger partial charge in [-0.2, -0.15) is 0 Å². The number of fused-ring (bicyclic) bond motifs is 1. The Hall–Kier alpha value is -2.86. The van der Waals surface area contributed by atoms with E-state index in [1.54, 1.807) is 0 Å². The van der Waals surface area contributed by atoms with Crippen LogP contribution in [0.15, 0.2) is 48.5 Å². The maximum atomic E-state index is 12.3. The second-order valence-corrected chi connectivity index (χ2v) is 8.98. The van der Waals surface area contributed by atoms with Gasteiger partial charge in [-0.25, -0.2) is 0 Å². The Kier molecular flexibility index (Phi) is 7.43. The van der Waals surface area contributed by atoms with Gasteiger partial charge in [0.15, 0.2) is 6.10 Å². The molecule has 6 heteroatoms. The fraction of sp³-hybridized carbons (Fsp3) is 0.462. The number of nitrogens with one attached hydrogen (secondary N) is 2. The van der Waals surface area contributed by atoms with Crippen LogP contribution in [0.3, 0.4) is 0 Å². The molecule has 1 unspecified atom stereocenters. The van der Waals surface area contributed by atoms with E-state index in [1.165, 1.54) is 24.8 Å². The first-order chi connectivity index (χ1) is 15.6. The molecule has 2 amide bonds. The number of rotatable bonds is 8.